The van der Waals surface area contributed by atoms with Crippen LogP contribution in [0.5, 0.6) is 0 Å². The lowest BCUT2D eigenvalue weighted by Gasteiger charge is -2.21. The second kappa shape index (κ2) is 6.41. The first-order valence-corrected chi connectivity index (χ1v) is 6.51. The minimum absolute atomic E-state index is 0.112. The molecule has 2 N–H and O–H groups in total. The highest BCUT2D eigenvalue weighted by Crippen LogP contribution is 2.23. The number of rotatable bonds is 5. The van der Waals surface area contributed by atoms with Crippen LogP contribution in [0.4, 0.5) is 8.78 Å². The van der Waals surface area contributed by atoms with Gasteiger partial charge >= 0.3 is 0 Å². The van der Waals surface area contributed by atoms with E-state index in [4.69, 9.17) is 4.74 Å². The maximum Gasteiger partial charge on any atom is 0.131 e. The predicted octanol–water partition coefficient (Wildman–Crippen LogP) is 2.16. The molecule has 0 spiro atoms. The van der Waals surface area contributed by atoms with Crippen LogP contribution in [0.1, 0.15) is 30.9 Å². The molecule has 1 fully saturated rings. The van der Waals surface area contributed by atoms with Crippen molar-refractivity contribution in [2.75, 3.05) is 13.7 Å². The minimum atomic E-state index is -0.987. The van der Waals surface area contributed by atoms with Gasteiger partial charge in [0.05, 0.1) is 12.2 Å². The Morgan fingerprint density at radius 3 is 2.89 bits per heavy atom. The molecule has 0 amide bonds. The van der Waals surface area contributed by atoms with E-state index in [2.05, 4.69) is 5.32 Å². The zero-order chi connectivity index (χ0) is 13.8. The summed E-state index contributed by atoms with van der Waals surface area (Å²) in [7, 11) is 1.67. The third-order valence-corrected chi connectivity index (χ3v) is 3.65. The van der Waals surface area contributed by atoms with Crippen molar-refractivity contribution in [1.82, 2.24) is 5.32 Å². The molecular weight excluding hydrogens is 252 g/mol. The third-order valence-electron chi connectivity index (χ3n) is 3.65. The molecule has 3 atom stereocenters. The van der Waals surface area contributed by atoms with E-state index in [0.717, 1.165) is 31.4 Å². The number of ether oxygens (including phenoxy) is 1. The molecule has 1 saturated carbocycles. The number of aliphatic hydroxyl groups excluding tert-OH is 1. The lowest BCUT2D eigenvalue weighted by atomic mass is 10.1. The first kappa shape index (κ1) is 14.4. The lowest BCUT2D eigenvalue weighted by molar-refractivity contribution is 0.0776. The van der Waals surface area contributed by atoms with Crippen molar-refractivity contribution >= 4 is 0 Å². The van der Waals surface area contributed by atoms with Gasteiger partial charge in [0.25, 0.3) is 0 Å². The lowest BCUT2D eigenvalue weighted by Crippen LogP contribution is -2.39. The van der Waals surface area contributed by atoms with Gasteiger partial charge in [-0.2, -0.15) is 0 Å². The maximum absolute atomic E-state index is 13.5. The molecule has 19 heavy (non-hydrogen) atoms. The molecule has 0 bridgehead atoms. The van der Waals surface area contributed by atoms with Crippen LogP contribution in [0, 0.1) is 11.6 Å². The summed E-state index contributed by atoms with van der Waals surface area (Å²) in [4.78, 5) is 0. The standard InChI is InChI=1S/C14H19F2NO2/c1-19-14-4-2-3-12(14)17-8-13(18)10-6-5-9(15)7-11(10)16/h5-7,12-14,17-18H,2-4,8H2,1H3. The zero-order valence-electron chi connectivity index (χ0n) is 10.9. The third kappa shape index (κ3) is 3.49. The summed E-state index contributed by atoms with van der Waals surface area (Å²) in [6, 6.07) is 3.39. The average Bonchev–Trinajstić information content (AvgIpc) is 2.83. The van der Waals surface area contributed by atoms with Crippen molar-refractivity contribution in [2.24, 2.45) is 0 Å². The number of aliphatic hydroxyl groups is 1. The molecule has 0 aliphatic heterocycles. The normalized spacial score (nSPS) is 24.6. The first-order valence-electron chi connectivity index (χ1n) is 6.51. The largest absolute Gasteiger partial charge is 0.387 e. The van der Waals surface area contributed by atoms with Gasteiger partial charge in [-0.05, 0) is 25.3 Å². The maximum atomic E-state index is 13.5. The van der Waals surface area contributed by atoms with Gasteiger partial charge in [0.1, 0.15) is 11.6 Å². The molecule has 3 nitrogen and oxygen atoms in total. The van der Waals surface area contributed by atoms with E-state index < -0.39 is 17.7 Å². The molecule has 0 saturated heterocycles. The number of hydrogen-bond donors (Lipinski definition) is 2. The minimum Gasteiger partial charge on any atom is -0.387 e. The van der Waals surface area contributed by atoms with Gasteiger partial charge in [0.2, 0.25) is 0 Å². The van der Waals surface area contributed by atoms with Crippen LogP contribution in [0.3, 0.4) is 0 Å². The highest BCUT2D eigenvalue weighted by Gasteiger charge is 2.27. The number of nitrogens with one attached hydrogen (secondary N) is 1. The predicted molar refractivity (Wildman–Crippen MR) is 67.8 cm³/mol. The Labute approximate surface area is 111 Å². The number of halogens is 2. The van der Waals surface area contributed by atoms with Gasteiger partial charge in [-0.25, -0.2) is 8.78 Å². The fourth-order valence-electron chi connectivity index (χ4n) is 2.59. The van der Waals surface area contributed by atoms with E-state index in [9.17, 15) is 13.9 Å². The SMILES string of the molecule is COC1CCCC1NCC(O)c1ccc(F)cc1F. The van der Waals surface area contributed by atoms with Gasteiger partial charge < -0.3 is 15.2 Å². The Morgan fingerprint density at radius 2 is 2.21 bits per heavy atom. The summed E-state index contributed by atoms with van der Waals surface area (Å²) in [5.41, 5.74) is 0.112. The van der Waals surface area contributed by atoms with Gasteiger partial charge in [-0.15, -0.1) is 0 Å². The summed E-state index contributed by atoms with van der Waals surface area (Å²) >= 11 is 0. The molecule has 1 aliphatic rings. The Hall–Kier alpha value is -1.04. The highest BCUT2D eigenvalue weighted by atomic mass is 19.1. The smallest absolute Gasteiger partial charge is 0.131 e. The van der Waals surface area contributed by atoms with E-state index in [-0.39, 0.29) is 24.3 Å². The second-order valence-electron chi connectivity index (χ2n) is 4.90. The van der Waals surface area contributed by atoms with Crippen molar-refractivity contribution in [1.29, 1.82) is 0 Å². The van der Waals surface area contributed by atoms with Crippen molar-refractivity contribution in [3.8, 4) is 0 Å². The fourth-order valence-corrected chi connectivity index (χ4v) is 2.59. The zero-order valence-corrected chi connectivity index (χ0v) is 10.9. The van der Waals surface area contributed by atoms with E-state index in [1.807, 2.05) is 0 Å². The van der Waals surface area contributed by atoms with E-state index in [1.54, 1.807) is 7.11 Å². The summed E-state index contributed by atoms with van der Waals surface area (Å²) in [5.74, 6) is -1.36. The van der Waals surface area contributed by atoms with E-state index in [1.165, 1.54) is 6.07 Å². The van der Waals surface area contributed by atoms with Crippen molar-refractivity contribution in [3.63, 3.8) is 0 Å². The molecule has 3 unspecified atom stereocenters. The molecule has 0 heterocycles. The number of hydrogen-bond acceptors (Lipinski definition) is 3. The fraction of sp³-hybridized carbons (Fsp3) is 0.571. The Kier molecular flexibility index (Phi) is 4.85. The van der Waals surface area contributed by atoms with Crippen molar-refractivity contribution < 1.29 is 18.6 Å². The van der Waals surface area contributed by atoms with Crippen LogP contribution in [0.25, 0.3) is 0 Å². The Bertz CT molecular complexity index is 428. The van der Waals surface area contributed by atoms with Crippen LogP contribution in [-0.2, 0) is 4.74 Å². The van der Waals surface area contributed by atoms with Crippen LogP contribution < -0.4 is 5.32 Å². The molecule has 1 aromatic rings. The molecule has 0 aromatic heterocycles. The van der Waals surface area contributed by atoms with Gasteiger partial charge in [-0.1, -0.05) is 6.07 Å². The van der Waals surface area contributed by atoms with Crippen molar-refractivity contribution in [3.05, 3.63) is 35.4 Å². The van der Waals surface area contributed by atoms with Crippen LogP contribution in [-0.4, -0.2) is 30.9 Å². The highest BCUT2D eigenvalue weighted by molar-refractivity contribution is 5.21. The van der Waals surface area contributed by atoms with Gasteiger partial charge in [0.15, 0.2) is 0 Å². The van der Waals surface area contributed by atoms with E-state index >= 15 is 0 Å². The summed E-state index contributed by atoms with van der Waals surface area (Å²) < 4.78 is 31.6. The molecule has 0 radical (unpaired) electrons. The summed E-state index contributed by atoms with van der Waals surface area (Å²) in [6.07, 6.45) is 2.22. The second-order valence-corrected chi connectivity index (χ2v) is 4.90. The first-order chi connectivity index (χ1) is 9.11. The average molecular weight is 271 g/mol. The Morgan fingerprint density at radius 1 is 1.42 bits per heavy atom. The van der Waals surface area contributed by atoms with Gasteiger partial charge in [-0.3, -0.25) is 0 Å². The van der Waals surface area contributed by atoms with Gasteiger partial charge in [0, 0.05) is 31.3 Å². The monoisotopic (exact) mass is 271 g/mol. The Balaban J connectivity index is 1.92. The molecule has 2 rings (SSSR count). The molecule has 5 heteroatoms. The van der Waals surface area contributed by atoms with Crippen LogP contribution in [0.2, 0.25) is 0 Å². The quantitative estimate of drug-likeness (QED) is 0.862. The van der Waals surface area contributed by atoms with Crippen LogP contribution in [0.15, 0.2) is 18.2 Å². The summed E-state index contributed by atoms with van der Waals surface area (Å²) in [6.45, 7) is 0.229. The molecule has 1 aliphatic carbocycles. The molecule has 1 aromatic carbocycles. The van der Waals surface area contributed by atoms with Crippen LogP contribution >= 0.6 is 0 Å². The summed E-state index contributed by atoms with van der Waals surface area (Å²) in [5, 5.41) is 13.1. The molecule has 106 valence electrons. The van der Waals surface area contributed by atoms with Crippen molar-refractivity contribution in [2.45, 2.75) is 37.5 Å². The number of methoxy groups -OCH3 is 1. The van der Waals surface area contributed by atoms with E-state index in [0.29, 0.717) is 0 Å². The number of benzene rings is 1. The molecular formula is C14H19F2NO2. The topological polar surface area (TPSA) is 41.5 Å².